The van der Waals surface area contributed by atoms with E-state index >= 15 is 0 Å². The molecular formula is C11H13NO2. The normalized spacial score (nSPS) is 11.4. The molecule has 0 spiro atoms. The predicted molar refractivity (Wildman–Crippen MR) is 57.0 cm³/mol. The lowest BCUT2D eigenvalue weighted by Gasteiger charge is -2.02. The highest BCUT2D eigenvalue weighted by Gasteiger charge is 2.04. The van der Waals surface area contributed by atoms with Gasteiger partial charge in [-0.05, 0) is 36.6 Å². The highest BCUT2D eigenvalue weighted by atomic mass is 16.6. The third-order valence-corrected chi connectivity index (χ3v) is 2.18. The maximum atomic E-state index is 10.4. The third kappa shape index (κ3) is 2.19. The van der Waals surface area contributed by atoms with Gasteiger partial charge in [0.15, 0.2) is 0 Å². The first-order chi connectivity index (χ1) is 6.69. The molecule has 1 aromatic carbocycles. The van der Waals surface area contributed by atoms with E-state index in [1.54, 1.807) is 12.1 Å². The van der Waals surface area contributed by atoms with Gasteiger partial charge in [-0.1, -0.05) is 13.0 Å². The SMILES string of the molecule is CC=C(CC)c1ccc([N+](=O)[O-])cc1. The average molecular weight is 191 g/mol. The molecular weight excluding hydrogens is 178 g/mol. The largest absolute Gasteiger partial charge is 0.269 e. The summed E-state index contributed by atoms with van der Waals surface area (Å²) in [6.45, 7) is 4.04. The van der Waals surface area contributed by atoms with Crippen LogP contribution in [0.3, 0.4) is 0 Å². The highest BCUT2D eigenvalue weighted by Crippen LogP contribution is 2.20. The molecule has 0 saturated heterocycles. The summed E-state index contributed by atoms with van der Waals surface area (Å²) < 4.78 is 0. The molecule has 1 rings (SSSR count). The van der Waals surface area contributed by atoms with Crippen molar-refractivity contribution in [2.24, 2.45) is 0 Å². The van der Waals surface area contributed by atoms with E-state index < -0.39 is 0 Å². The molecule has 0 aliphatic heterocycles. The van der Waals surface area contributed by atoms with Crippen LogP contribution in [-0.2, 0) is 0 Å². The molecule has 0 radical (unpaired) electrons. The van der Waals surface area contributed by atoms with Crippen LogP contribution >= 0.6 is 0 Å². The lowest BCUT2D eigenvalue weighted by Crippen LogP contribution is -1.88. The first-order valence-corrected chi connectivity index (χ1v) is 4.59. The molecule has 0 amide bonds. The number of hydrogen-bond donors (Lipinski definition) is 0. The monoisotopic (exact) mass is 191 g/mol. The van der Waals surface area contributed by atoms with Crippen LogP contribution in [0.1, 0.15) is 25.8 Å². The zero-order chi connectivity index (χ0) is 10.6. The summed E-state index contributed by atoms with van der Waals surface area (Å²) in [5.74, 6) is 0. The Morgan fingerprint density at radius 3 is 2.36 bits per heavy atom. The van der Waals surface area contributed by atoms with Crippen LogP contribution in [0, 0.1) is 10.1 Å². The summed E-state index contributed by atoms with van der Waals surface area (Å²) in [7, 11) is 0. The minimum Gasteiger partial charge on any atom is -0.258 e. The molecule has 14 heavy (non-hydrogen) atoms. The van der Waals surface area contributed by atoms with E-state index in [9.17, 15) is 10.1 Å². The van der Waals surface area contributed by atoms with Gasteiger partial charge >= 0.3 is 0 Å². The van der Waals surface area contributed by atoms with Gasteiger partial charge in [-0.15, -0.1) is 0 Å². The van der Waals surface area contributed by atoms with E-state index in [0.717, 1.165) is 12.0 Å². The summed E-state index contributed by atoms with van der Waals surface area (Å²) in [5.41, 5.74) is 2.40. The van der Waals surface area contributed by atoms with Crippen molar-refractivity contribution >= 4 is 11.3 Å². The van der Waals surface area contributed by atoms with Crippen molar-refractivity contribution in [2.45, 2.75) is 20.3 Å². The van der Waals surface area contributed by atoms with Crippen LogP contribution in [0.4, 0.5) is 5.69 Å². The van der Waals surface area contributed by atoms with Crippen LogP contribution < -0.4 is 0 Å². The van der Waals surface area contributed by atoms with Crippen molar-refractivity contribution in [1.29, 1.82) is 0 Å². The molecule has 0 heterocycles. The summed E-state index contributed by atoms with van der Waals surface area (Å²) in [4.78, 5) is 10.0. The number of nitrogens with zero attached hydrogens (tertiary/aromatic N) is 1. The first kappa shape index (κ1) is 10.4. The molecule has 0 bridgehead atoms. The number of rotatable bonds is 3. The molecule has 0 saturated carbocycles. The summed E-state index contributed by atoms with van der Waals surface area (Å²) in [6, 6.07) is 6.65. The molecule has 0 N–H and O–H groups in total. The minimum atomic E-state index is -0.384. The van der Waals surface area contributed by atoms with Gasteiger partial charge in [-0.25, -0.2) is 0 Å². The van der Waals surface area contributed by atoms with Gasteiger partial charge in [0.25, 0.3) is 5.69 Å². The Morgan fingerprint density at radius 1 is 1.43 bits per heavy atom. The molecule has 0 aliphatic rings. The maximum Gasteiger partial charge on any atom is 0.269 e. The van der Waals surface area contributed by atoms with Gasteiger partial charge in [0.1, 0.15) is 0 Å². The molecule has 0 unspecified atom stereocenters. The van der Waals surface area contributed by atoms with Crippen molar-refractivity contribution in [1.82, 2.24) is 0 Å². The molecule has 3 heteroatoms. The van der Waals surface area contributed by atoms with E-state index in [0.29, 0.717) is 0 Å². The van der Waals surface area contributed by atoms with E-state index in [-0.39, 0.29) is 10.6 Å². The van der Waals surface area contributed by atoms with Gasteiger partial charge in [0, 0.05) is 12.1 Å². The van der Waals surface area contributed by atoms with Gasteiger partial charge in [0.2, 0.25) is 0 Å². The van der Waals surface area contributed by atoms with Crippen molar-refractivity contribution in [3.8, 4) is 0 Å². The quantitative estimate of drug-likeness (QED) is 0.542. The standard InChI is InChI=1S/C11H13NO2/c1-3-9(4-2)10-5-7-11(8-6-10)12(13)14/h3,5-8H,4H2,1-2H3. The number of hydrogen-bond acceptors (Lipinski definition) is 2. The zero-order valence-electron chi connectivity index (χ0n) is 8.36. The molecule has 0 aliphatic carbocycles. The van der Waals surface area contributed by atoms with Crippen molar-refractivity contribution in [3.05, 3.63) is 46.0 Å². The van der Waals surface area contributed by atoms with E-state index in [4.69, 9.17) is 0 Å². The van der Waals surface area contributed by atoms with Crippen LogP contribution in [0.25, 0.3) is 5.57 Å². The molecule has 3 nitrogen and oxygen atoms in total. The fourth-order valence-corrected chi connectivity index (χ4v) is 1.37. The maximum absolute atomic E-state index is 10.4. The lowest BCUT2D eigenvalue weighted by molar-refractivity contribution is -0.384. The fraction of sp³-hybridized carbons (Fsp3) is 0.273. The van der Waals surface area contributed by atoms with Gasteiger partial charge in [0.05, 0.1) is 4.92 Å². The van der Waals surface area contributed by atoms with E-state index in [2.05, 4.69) is 6.92 Å². The van der Waals surface area contributed by atoms with Crippen LogP contribution in [0.5, 0.6) is 0 Å². The van der Waals surface area contributed by atoms with Crippen LogP contribution in [0.15, 0.2) is 30.3 Å². The summed E-state index contributed by atoms with van der Waals surface area (Å²) in [5, 5.41) is 10.4. The zero-order valence-corrected chi connectivity index (χ0v) is 8.36. The molecule has 0 fully saturated rings. The Labute approximate surface area is 83.2 Å². The second-order valence-corrected chi connectivity index (χ2v) is 2.97. The summed E-state index contributed by atoms with van der Waals surface area (Å²) >= 11 is 0. The predicted octanol–water partition coefficient (Wildman–Crippen LogP) is 3.41. The number of allylic oxidation sites excluding steroid dienone is 2. The number of benzene rings is 1. The van der Waals surface area contributed by atoms with E-state index in [1.165, 1.54) is 17.7 Å². The van der Waals surface area contributed by atoms with Gasteiger partial charge < -0.3 is 0 Å². The van der Waals surface area contributed by atoms with Crippen molar-refractivity contribution < 1.29 is 4.92 Å². The van der Waals surface area contributed by atoms with Crippen molar-refractivity contribution in [3.63, 3.8) is 0 Å². The molecule has 1 aromatic rings. The second kappa shape index (κ2) is 4.56. The molecule has 0 atom stereocenters. The Bertz CT molecular complexity index is 352. The van der Waals surface area contributed by atoms with E-state index in [1.807, 2.05) is 13.0 Å². The van der Waals surface area contributed by atoms with Gasteiger partial charge in [-0.3, -0.25) is 10.1 Å². The number of non-ortho nitro benzene ring substituents is 1. The van der Waals surface area contributed by atoms with Crippen LogP contribution in [-0.4, -0.2) is 4.92 Å². The average Bonchev–Trinajstić information content (AvgIpc) is 2.20. The second-order valence-electron chi connectivity index (χ2n) is 2.97. The summed E-state index contributed by atoms with van der Waals surface area (Å²) in [6.07, 6.45) is 2.97. The first-order valence-electron chi connectivity index (χ1n) is 4.59. The molecule has 74 valence electrons. The third-order valence-electron chi connectivity index (χ3n) is 2.18. The minimum absolute atomic E-state index is 0.139. The Balaban J connectivity index is 2.99. The topological polar surface area (TPSA) is 43.1 Å². The smallest absolute Gasteiger partial charge is 0.258 e. The van der Waals surface area contributed by atoms with Gasteiger partial charge in [-0.2, -0.15) is 0 Å². The molecule has 0 aromatic heterocycles. The lowest BCUT2D eigenvalue weighted by atomic mass is 10.0. The highest BCUT2D eigenvalue weighted by molar-refractivity contribution is 5.65. The Morgan fingerprint density at radius 2 is 2.00 bits per heavy atom. The van der Waals surface area contributed by atoms with Crippen LogP contribution in [0.2, 0.25) is 0 Å². The fourth-order valence-electron chi connectivity index (χ4n) is 1.37. The number of nitro benzene ring substituents is 1. The Kier molecular flexibility index (Phi) is 3.40. The Hall–Kier alpha value is -1.64. The van der Waals surface area contributed by atoms with Crippen molar-refractivity contribution in [2.75, 3.05) is 0 Å². The number of nitro groups is 1.